The van der Waals surface area contributed by atoms with Crippen molar-refractivity contribution in [3.8, 4) is 0 Å². The second-order valence-electron chi connectivity index (χ2n) is 5.12. The zero-order chi connectivity index (χ0) is 12.0. The van der Waals surface area contributed by atoms with Crippen molar-refractivity contribution in [2.45, 2.75) is 38.1 Å². The third-order valence-electron chi connectivity index (χ3n) is 4.04. The van der Waals surface area contributed by atoms with Crippen molar-refractivity contribution in [3.05, 3.63) is 34.9 Å². The predicted octanol–water partition coefficient (Wildman–Crippen LogP) is 1.31. The fraction of sp³-hybridized carbons (Fsp3) is 0.429. The highest BCUT2D eigenvalue weighted by atomic mass is 16.2. The molecule has 88 valence electrons. The van der Waals surface area contributed by atoms with Gasteiger partial charge in [0.25, 0.3) is 0 Å². The minimum Gasteiger partial charge on any atom is -0.343 e. The molecule has 2 aliphatic rings. The van der Waals surface area contributed by atoms with E-state index in [-0.39, 0.29) is 18.1 Å². The van der Waals surface area contributed by atoms with E-state index in [0.717, 1.165) is 12.8 Å². The van der Waals surface area contributed by atoms with E-state index in [1.807, 2.05) is 0 Å². The molecule has 17 heavy (non-hydrogen) atoms. The number of fused-ring (bicyclic) bond motifs is 1. The molecule has 1 unspecified atom stereocenters. The Kier molecular flexibility index (Phi) is 2.12. The van der Waals surface area contributed by atoms with Crippen LogP contribution in [0.3, 0.4) is 0 Å². The molecule has 0 aromatic heterocycles. The number of carbonyl (C=O) groups excluding carboxylic acids is 2. The van der Waals surface area contributed by atoms with Crippen LogP contribution in [-0.2, 0) is 22.4 Å². The molecule has 0 saturated carbocycles. The fourth-order valence-corrected chi connectivity index (χ4v) is 3.03. The molecule has 1 aromatic carbocycles. The third kappa shape index (κ3) is 1.49. The summed E-state index contributed by atoms with van der Waals surface area (Å²) in [5, 5.41) is 2.90. The van der Waals surface area contributed by atoms with Crippen LogP contribution in [0.4, 0.5) is 0 Å². The molecule has 1 aliphatic heterocycles. The monoisotopic (exact) mass is 229 g/mol. The molecule has 1 fully saturated rings. The van der Waals surface area contributed by atoms with E-state index in [1.165, 1.54) is 16.7 Å². The first-order valence-electron chi connectivity index (χ1n) is 6.02. The van der Waals surface area contributed by atoms with E-state index >= 15 is 0 Å². The molecule has 3 rings (SSSR count). The van der Waals surface area contributed by atoms with E-state index in [1.54, 1.807) is 0 Å². The number of nitrogens with one attached hydrogen (secondary N) is 1. The van der Waals surface area contributed by atoms with Crippen molar-refractivity contribution in [2.75, 3.05) is 0 Å². The largest absolute Gasteiger partial charge is 0.343 e. The SMILES string of the molecule is Cc1cccc2c1CC1(CC2)NC(=O)CC1=O. The van der Waals surface area contributed by atoms with Crippen molar-refractivity contribution < 1.29 is 9.59 Å². The number of hydrogen-bond donors (Lipinski definition) is 1. The number of Topliss-reactive ketones (excluding diaryl/α,β-unsaturated/α-hetero) is 1. The second kappa shape index (κ2) is 3.42. The first kappa shape index (κ1) is 10.5. The molecule has 1 atom stereocenters. The normalized spacial score (nSPS) is 27.1. The van der Waals surface area contributed by atoms with Gasteiger partial charge >= 0.3 is 0 Å². The van der Waals surface area contributed by atoms with Gasteiger partial charge < -0.3 is 5.32 Å². The molecule has 1 aromatic rings. The molecule has 3 heteroatoms. The predicted molar refractivity (Wildman–Crippen MR) is 63.7 cm³/mol. The van der Waals surface area contributed by atoms with E-state index in [2.05, 4.69) is 30.4 Å². The smallest absolute Gasteiger partial charge is 0.228 e. The average Bonchev–Trinajstić information content (AvgIpc) is 2.55. The van der Waals surface area contributed by atoms with Crippen molar-refractivity contribution >= 4 is 11.7 Å². The molecule has 1 spiro atoms. The van der Waals surface area contributed by atoms with Gasteiger partial charge in [0.2, 0.25) is 5.91 Å². The third-order valence-corrected chi connectivity index (χ3v) is 4.04. The van der Waals surface area contributed by atoms with Gasteiger partial charge in [-0.15, -0.1) is 0 Å². The molecule has 1 heterocycles. The number of carbonyl (C=O) groups is 2. The van der Waals surface area contributed by atoms with Crippen molar-refractivity contribution in [1.82, 2.24) is 5.32 Å². The molecule has 1 N–H and O–H groups in total. The zero-order valence-electron chi connectivity index (χ0n) is 9.88. The van der Waals surface area contributed by atoms with Crippen LogP contribution in [-0.4, -0.2) is 17.2 Å². The maximum Gasteiger partial charge on any atom is 0.228 e. The summed E-state index contributed by atoms with van der Waals surface area (Å²) in [4.78, 5) is 23.4. The van der Waals surface area contributed by atoms with E-state index in [0.29, 0.717) is 6.42 Å². The Morgan fingerprint density at radius 1 is 1.29 bits per heavy atom. The van der Waals surface area contributed by atoms with Gasteiger partial charge in [-0.2, -0.15) is 0 Å². The molecule has 3 nitrogen and oxygen atoms in total. The topological polar surface area (TPSA) is 46.2 Å². The Morgan fingerprint density at radius 2 is 2.12 bits per heavy atom. The number of ketones is 1. The van der Waals surface area contributed by atoms with Crippen molar-refractivity contribution in [2.24, 2.45) is 0 Å². The van der Waals surface area contributed by atoms with Crippen LogP contribution >= 0.6 is 0 Å². The first-order chi connectivity index (χ1) is 8.11. The molecule has 1 saturated heterocycles. The highest BCUT2D eigenvalue weighted by Crippen LogP contribution is 2.34. The van der Waals surface area contributed by atoms with Gasteiger partial charge in [-0.25, -0.2) is 0 Å². The quantitative estimate of drug-likeness (QED) is 0.682. The summed E-state index contributed by atoms with van der Waals surface area (Å²) in [6, 6.07) is 6.25. The van der Waals surface area contributed by atoms with Crippen LogP contribution in [0.2, 0.25) is 0 Å². The Morgan fingerprint density at radius 3 is 2.82 bits per heavy atom. The van der Waals surface area contributed by atoms with Crippen LogP contribution in [0.1, 0.15) is 29.5 Å². The molecular weight excluding hydrogens is 214 g/mol. The number of benzene rings is 1. The summed E-state index contributed by atoms with van der Waals surface area (Å²) in [7, 11) is 0. The molecule has 0 radical (unpaired) electrons. The number of hydrogen-bond acceptors (Lipinski definition) is 2. The van der Waals surface area contributed by atoms with Crippen LogP contribution in [0.25, 0.3) is 0 Å². The number of amides is 1. The standard InChI is InChI=1S/C14H15NO2/c1-9-3-2-4-10-5-6-14(8-11(9)10)12(16)7-13(17)15-14/h2-4H,5-8H2,1H3,(H,15,17). The Balaban J connectivity index is 2.03. The lowest BCUT2D eigenvalue weighted by Crippen LogP contribution is -2.50. The van der Waals surface area contributed by atoms with Crippen LogP contribution in [0.5, 0.6) is 0 Å². The molecular formula is C14H15NO2. The zero-order valence-corrected chi connectivity index (χ0v) is 9.88. The van der Waals surface area contributed by atoms with Crippen LogP contribution < -0.4 is 5.32 Å². The van der Waals surface area contributed by atoms with Gasteiger partial charge in [0.1, 0.15) is 5.54 Å². The van der Waals surface area contributed by atoms with Gasteiger partial charge in [0.05, 0.1) is 6.42 Å². The summed E-state index contributed by atoms with van der Waals surface area (Å²) < 4.78 is 0. The van der Waals surface area contributed by atoms with Crippen LogP contribution in [0, 0.1) is 6.92 Å². The van der Waals surface area contributed by atoms with Gasteiger partial charge in [-0.05, 0) is 36.5 Å². The summed E-state index contributed by atoms with van der Waals surface area (Å²) in [5.41, 5.74) is 3.19. The lowest BCUT2D eigenvalue weighted by Gasteiger charge is -2.34. The average molecular weight is 229 g/mol. The highest BCUT2D eigenvalue weighted by molar-refractivity contribution is 6.10. The first-order valence-corrected chi connectivity index (χ1v) is 6.02. The maximum absolute atomic E-state index is 12.0. The minimum atomic E-state index is -0.601. The van der Waals surface area contributed by atoms with Gasteiger partial charge in [0.15, 0.2) is 5.78 Å². The van der Waals surface area contributed by atoms with Gasteiger partial charge in [0, 0.05) is 6.42 Å². The lowest BCUT2D eigenvalue weighted by atomic mass is 9.75. The fourth-order valence-electron chi connectivity index (χ4n) is 3.03. The molecule has 0 bridgehead atoms. The van der Waals surface area contributed by atoms with Crippen molar-refractivity contribution in [3.63, 3.8) is 0 Å². The summed E-state index contributed by atoms with van der Waals surface area (Å²) >= 11 is 0. The Labute approximate surface area is 100 Å². The molecule has 1 aliphatic carbocycles. The highest BCUT2D eigenvalue weighted by Gasteiger charge is 2.47. The van der Waals surface area contributed by atoms with Gasteiger partial charge in [-0.3, -0.25) is 9.59 Å². The summed E-state index contributed by atoms with van der Waals surface area (Å²) in [6.07, 6.45) is 2.35. The lowest BCUT2D eigenvalue weighted by molar-refractivity contribution is -0.123. The summed E-state index contributed by atoms with van der Waals surface area (Å²) in [5.74, 6) is -0.0524. The van der Waals surface area contributed by atoms with E-state index in [9.17, 15) is 9.59 Å². The number of aryl methyl sites for hydroxylation is 2. The van der Waals surface area contributed by atoms with E-state index in [4.69, 9.17) is 0 Å². The minimum absolute atomic E-state index is 0.0568. The second-order valence-corrected chi connectivity index (χ2v) is 5.12. The summed E-state index contributed by atoms with van der Waals surface area (Å²) in [6.45, 7) is 2.07. The molecule has 1 amide bonds. The van der Waals surface area contributed by atoms with Gasteiger partial charge in [-0.1, -0.05) is 18.2 Å². The van der Waals surface area contributed by atoms with Crippen LogP contribution in [0.15, 0.2) is 18.2 Å². The van der Waals surface area contributed by atoms with E-state index < -0.39 is 5.54 Å². The number of rotatable bonds is 0. The maximum atomic E-state index is 12.0. The Bertz CT molecular complexity index is 521. The van der Waals surface area contributed by atoms with Crippen molar-refractivity contribution in [1.29, 1.82) is 0 Å². The Hall–Kier alpha value is -1.64.